The molecule has 0 saturated heterocycles. The van der Waals surface area contributed by atoms with Crippen LogP contribution in [-0.2, 0) is 11.2 Å². The van der Waals surface area contributed by atoms with Crippen molar-refractivity contribution in [1.29, 1.82) is 0 Å². The number of hydrogen-bond acceptors (Lipinski definition) is 3. The van der Waals surface area contributed by atoms with E-state index < -0.39 is 0 Å². The lowest BCUT2D eigenvalue weighted by atomic mass is 10.1. The van der Waals surface area contributed by atoms with Gasteiger partial charge in [0.1, 0.15) is 5.69 Å². The highest BCUT2D eigenvalue weighted by Crippen LogP contribution is 2.16. The maximum absolute atomic E-state index is 12.2. The van der Waals surface area contributed by atoms with Gasteiger partial charge in [0, 0.05) is 23.5 Å². The van der Waals surface area contributed by atoms with Crippen LogP contribution in [0.1, 0.15) is 29.4 Å². The van der Waals surface area contributed by atoms with Crippen LogP contribution < -0.4 is 10.6 Å². The zero-order chi connectivity index (χ0) is 18.2. The number of benzene rings is 1. The van der Waals surface area contributed by atoms with Gasteiger partial charge in [-0.2, -0.15) is 0 Å². The minimum absolute atomic E-state index is 0.155. The van der Waals surface area contributed by atoms with E-state index in [-0.39, 0.29) is 23.9 Å². The van der Waals surface area contributed by atoms with Gasteiger partial charge in [-0.15, -0.1) is 6.58 Å². The second-order valence-electron chi connectivity index (χ2n) is 5.71. The van der Waals surface area contributed by atoms with Crippen molar-refractivity contribution in [2.75, 3.05) is 11.9 Å². The van der Waals surface area contributed by atoms with Crippen molar-refractivity contribution in [3.05, 3.63) is 71.0 Å². The maximum atomic E-state index is 12.2. The quantitative estimate of drug-likeness (QED) is 0.743. The van der Waals surface area contributed by atoms with Gasteiger partial charge in [-0.05, 0) is 37.1 Å². The van der Waals surface area contributed by atoms with Gasteiger partial charge in [-0.1, -0.05) is 35.4 Å². The van der Waals surface area contributed by atoms with E-state index >= 15 is 0 Å². The lowest BCUT2D eigenvalue weighted by molar-refractivity contribution is -0.115. The predicted octanol–water partition coefficient (Wildman–Crippen LogP) is 3.61. The van der Waals surface area contributed by atoms with Crippen LogP contribution in [-0.4, -0.2) is 23.3 Å². The molecule has 0 unspecified atom stereocenters. The van der Waals surface area contributed by atoms with Crippen LogP contribution in [0.25, 0.3) is 0 Å². The summed E-state index contributed by atoms with van der Waals surface area (Å²) in [4.78, 5) is 28.3. The molecule has 0 saturated carbocycles. The molecule has 5 nitrogen and oxygen atoms in total. The highest BCUT2D eigenvalue weighted by Gasteiger charge is 2.10. The molecule has 0 spiro atoms. The molecule has 25 heavy (non-hydrogen) atoms. The van der Waals surface area contributed by atoms with E-state index in [1.54, 1.807) is 24.3 Å². The van der Waals surface area contributed by atoms with E-state index in [2.05, 4.69) is 22.2 Å². The van der Waals surface area contributed by atoms with Crippen LogP contribution in [0.2, 0.25) is 5.02 Å². The van der Waals surface area contributed by atoms with Crippen molar-refractivity contribution in [3.8, 4) is 0 Å². The molecule has 0 aliphatic heterocycles. The van der Waals surface area contributed by atoms with Gasteiger partial charge < -0.3 is 10.6 Å². The lowest BCUT2D eigenvalue weighted by Crippen LogP contribution is -2.25. The number of carbonyl (C=O) groups is 2. The van der Waals surface area contributed by atoms with Crippen LogP contribution in [0, 0.1) is 0 Å². The second-order valence-corrected chi connectivity index (χ2v) is 6.12. The van der Waals surface area contributed by atoms with Gasteiger partial charge in [-0.25, -0.2) is 0 Å². The smallest absolute Gasteiger partial charge is 0.269 e. The maximum Gasteiger partial charge on any atom is 0.269 e. The largest absolute Gasteiger partial charge is 0.350 e. The first-order valence-corrected chi connectivity index (χ1v) is 8.25. The Bertz CT molecular complexity index is 790. The topological polar surface area (TPSA) is 71.1 Å². The van der Waals surface area contributed by atoms with Gasteiger partial charge in [0.25, 0.3) is 5.91 Å². The van der Waals surface area contributed by atoms with Crippen molar-refractivity contribution in [2.24, 2.45) is 0 Å². The number of anilines is 1. The third-order valence-corrected chi connectivity index (χ3v) is 3.79. The number of rotatable bonds is 7. The summed E-state index contributed by atoms with van der Waals surface area (Å²) in [6, 6.07) is 10.4. The molecule has 6 heteroatoms. The molecule has 0 atom stereocenters. The number of hydrogen-bond donors (Lipinski definition) is 2. The summed E-state index contributed by atoms with van der Waals surface area (Å²) in [5.74, 6) is -0.503. The first kappa shape index (κ1) is 18.7. The van der Waals surface area contributed by atoms with E-state index in [4.69, 9.17) is 11.6 Å². The molecule has 0 aliphatic carbocycles. The fourth-order valence-corrected chi connectivity index (χ4v) is 2.33. The fraction of sp³-hybridized carbons (Fsp3) is 0.211. The molecule has 2 N–H and O–H groups in total. The van der Waals surface area contributed by atoms with Crippen LogP contribution in [0.3, 0.4) is 0 Å². The number of nitrogens with one attached hydrogen (secondary N) is 2. The fourth-order valence-electron chi connectivity index (χ4n) is 2.13. The molecule has 2 rings (SSSR count). The number of aromatic nitrogens is 1. The third kappa shape index (κ3) is 6.04. The second kappa shape index (κ2) is 8.99. The monoisotopic (exact) mass is 357 g/mol. The minimum Gasteiger partial charge on any atom is -0.350 e. The number of pyridine rings is 1. The molecule has 1 aromatic carbocycles. The number of amides is 2. The molecule has 0 bridgehead atoms. The average Bonchev–Trinajstić information content (AvgIpc) is 2.56. The molecule has 0 aliphatic rings. The van der Waals surface area contributed by atoms with E-state index in [0.717, 1.165) is 11.1 Å². The number of nitrogens with zero attached hydrogens (tertiary/aromatic N) is 1. The van der Waals surface area contributed by atoms with E-state index in [0.29, 0.717) is 23.7 Å². The summed E-state index contributed by atoms with van der Waals surface area (Å²) in [7, 11) is 0. The Labute approximate surface area is 152 Å². The summed E-state index contributed by atoms with van der Waals surface area (Å²) in [5, 5.41) is 6.07. The van der Waals surface area contributed by atoms with Gasteiger partial charge in [0.2, 0.25) is 5.91 Å². The van der Waals surface area contributed by atoms with Crippen molar-refractivity contribution in [3.63, 3.8) is 0 Å². The molecule has 1 aromatic heterocycles. The third-order valence-electron chi connectivity index (χ3n) is 3.42. The Kier molecular flexibility index (Phi) is 6.71. The zero-order valence-electron chi connectivity index (χ0n) is 14.0. The Balaban J connectivity index is 1.96. The van der Waals surface area contributed by atoms with Gasteiger partial charge in [-0.3, -0.25) is 14.6 Å². The molecular formula is C19H20ClN3O2. The summed E-state index contributed by atoms with van der Waals surface area (Å²) in [6.07, 6.45) is 2.35. The summed E-state index contributed by atoms with van der Waals surface area (Å²) in [5.41, 5.74) is 2.50. The zero-order valence-corrected chi connectivity index (χ0v) is 14.8. The summed E-state index contributed by atoms with van der Waals surface area (Å²) < 4.78 is 0. The number of carbonyl (C=O) groups excluding carboxylic acids is 2. The van der Waals surface area contributed by atoms with E-state index in [1.807, 2.05) is 19.1 Å². The normalized spacial score (nSPS) is 10.2. The standard InChI is InChI=1S/C19H20ClN3O2/c1-13(2)7-9-22-19(25)17-12-15(8-10-21-17)23-18(24)11-14-5-3-4-6-16(14)20/h3-6,8,10,12H,1,7,9,11H2,2H3,(H,22,25)(H,21,23,24). The highest BCUT2D eigenvalue weighted by molar-refractivity contribution is 6.31. The highest BCUT2D eigenvalue weighted by atomic mass is 35.5. The Morgan fingerprint density at radius 1 is 1.24 bits per heavy atom. The summed E-state index contributed by atoms with van der Waals surface area (Å²) in [6.45, 7) is 6.19. The Morgan fingerprint density at radius 2 is 2.00 bits per heavy atom. The molecular weight excluding hydrogens is 338 g/mol. The molecule has 130 valence electrons. The SMILES string of the molecule is C=C(C)CCNC(=O)c1cc(NC(=O)Cc2ccccc2Cl)ccn1. The Hall–Kier alpha value is -2.66. The van der Waals surface area contributed by atoms with Gasteiger partial charge in [0.05, 0.1) is 6.42 Å². The molecule has 0 fully saturated rings. The van der Waals surface area contributed by atoms with E-state index in [1.165, 1.54) is 6.20 Å². The molecule has 2 amide bonds. The molecule has 0 radical (unpaired) electrons. The van der Waals surface area contributed by atoms with Crippen LogP contribution in [0.5, 0.6) is 0 Å². The predicted molar refractivity (Wildman–Crippen MR) is 99.8 cm³/mol. The summed E-state index contributed by atoms with van der Waals surface area (Å²) >= 11 is 6.06. The Morgan fingerprint density at radius 3 is 2.72 bits per heavy atom. The minimum atomic E-state index is -0.288. The first-order chi connectivity index (χ1) is 12.0. The first-order valence-electron chi connectivity index (χ1n) is 7.87. The van der Waals surface area contributed by atoms with Crippen molar-refractivity contribution in [2.45, 2.75) is 19.8 Å². The molecule has 2 aromatic rings. The van der Waals surface area contributed by atoms with E-state index in [9.17, 15) is 9.59 Å². The van der Waals surface area contributed by atoms with Gasteiger partial charge >= 0.3 is 0 Å². The number of halogens is 1. The van der Waals surface area contributed by atoms with Crippen LogP contribution in [0.15, 0.2) is 54.7 Å². The van der Waals surface area contributed by atoms with Crippen molar-refractivity contribution >= 4 is 29.1 Å². The van der Waals surface area contributed by atoms with Crippen molar-refractivity contribution < 1.29 is 9.59 Å². The van der Waals surface area contributed by atoms with Crippen molar-refractivity contribution in [1.82, 2.24) is 10.3 Å². The molecule has 1 heterocycles. The van der Waals surface area contributed by atoms with Crippen LogP contribution >= 0.6 is 11.6 Å². The van der Waals surface area contributed by atoms with Gasteiger partial charge in [0.15, 0.2) is 0 Å². The van der Waals surface area contributed by atoms with Crippen LogP contribution in [0.4, 0.5) is 5.69 Å². The lowest BCUT2D eigenvalue weighted by Gasteiger charge is -2.08. The average molecular weight is 358 g/mol.